The third kappa shape index (κ3) is 4.12. The second-order valence-corrected chi connectivity index (χ2v) is 6.35. The van der Waals surface area contributed by atoms with Crippen molar-refractivity contribution in [2.45, 2.75) is 12.8 Å². The van der Waals surface area contributed by atoms with Crippen LogP contribution in [0.25, 0.3) is 0 Å². The molecule has 0 N–H and O–H groups in total. The van der Waals surface area contributed by atoms with E-state index in [1.807, 2.05) is 18.2 Å². The molecule has 0 unspecified atom stereocenters. The maximum absolute atomic E-state index is 13.9. The van der Waals surface area contributed by atoms with E-state index in [2.05, 4.69) is 0 Å². The van der Waals surface area contributed by atoms with Crippen molar-refractivity contribution in [1.29, 1.82) is 0 Å². The molecule has 138 valence electrons. The Labute approximate surface area is 151 Å². The molecule has 26 heavy (non-hydrogen) atoms. The lowest BCUT2D eigenvalue weighted by Gasteiger charge is -2.32. The summed E-state index contributed by atoms with van der Waals surface area (Å²) in [5.74, 6) is -1.03. The highest BCUT2D eigenvalue weighted by molar-refractivity contribution is 5.94. The molecule has 0 bridgehead atoms. The lowest BCUT2D eigenvalue weighted by Crippen LogP contribution is -2.42. The first-order chi connectivity index (χ1) is 12.6. The Morgan fingerprint density at radius 1 is 1.19 bits per heavy atom. The molecule has 1 aliphatic rings. The molecule has 0 aromatic heterocycles. The molecule has 0 aliphatic carbocycles. The number of hydrogen-bond donors (Lipinski definition) is 0. The number of ether oxygens (including phenoxy) is 2. The van der Waals surface area contributed by atoms with Crippen molar-refractivity contribution in [2.75, 3.05) is 26.8 Å². The van der Waals surface area contributed by atoms with E-state index in [1.54, 1.807) is 18.1 Å². The van der Waals surface area contributed by atoms with Crippen molar-refractivity contribution in [3.05, 3.63) is 59.7 Å². The van der Waals surface area contributed by atoms with Crippen LogP contribution in [-0.2, 0) is 0 Å². The summed E-state index contributed by atoms with van der Waals surface area (Å²) in [4.78, 5) is 14.1. The van der Waals surface area contributed by atoms with Gasteiger partial charge in [0.25, 0.3) is 5.91 Å². The maximum atomic E-state index is 13.9. The number of piperidine rings is 1. The first-order valence-electron chi connectivity index (χ1n) is 8.58. The minimum atomic E-state index is -1.09. The standard InChI is InChI=1S/C20H21F2NO3/c1-25-15-6-2-7-16(11-15)26-13-14-5-4-10-23(12-14)20(24)17-8-3-9-18(21)19(17)22/h2-3,6-9,11,14H,4-5,10,12-13H2,1H3/t14-/m1/s1. The number of halogens is 2. The largest absolute Gasteiger partial charge is 0.497 e. The van der Waals surface area contributed by atoms with Crippen LogP contribution in [0.4, 0.5) is 8.78 Å². The van der Waals surface area contributed by atoms with Crippen LogP contribution >= 0.6 is 0 Å². The topological polar surface area (TPSA) is 38.8 Å². The summed E-state index contributed by atoms with van der Waals surface area (Å²) in [6.07, 6.45) is 1.72. The Kier molecular flexibility index (Phi) is 5.71. The van der Waals surface area contributed by atoms with Crippen LogP contribution in [0.2, 0.25) is 0 Å². The van der Waals surface area contributed by atoms with Crippen molar-refractivity contribution < 1.29 is 23.0 Å². The van der Waals surface area contributed by atoms with E-state index in [1.165, 1.54) is 12.1 Å². The van der Waals surface area contributed by atoms with E-state index in [0.29, 0.717) is 31.2 Å². The predicted octanol–water partition coefficient (Wildman–Crippen LogP) is 3.90. The molecule has 2 aromatic carbocycles. The summed E-state index contributed by atoms with van der Waals surface area (Å²) >= 11 is 0. The van der Waals surface area contributed by atoms with Crippen LogP contribution in [0.1, 0.15) is 23.2 Å². The van der Waals surface area contributed by atoms with Crippen molar-refractivity contribution in [1.82, 2.24) is 4.90 Å². The molecule has 2 aromatic rings. The average molecular weight is 361 g/mol. The van der Waals surface area contributed by atoms with Crippen molar-refractivity contribution in [2.24, 2.45) is 5.92 Å². The van der Waals surface area contributed by atoms with Crippen LogP contribution < -0.4 is 9.47 Å². The number of carbonyl (C=O) groups excluding carboxylic acids is 1. The number of carbonyl (C=O) groups is 1. The summed E-state index contributed by atoms with van der Waals surface area (Å²) in [5, 5.41) is 0. The molecule has 1 heterocycles. The predicted molar refractivity (Wildman–Crippen MR) is 93.5 cm³/mol. The Morgan fingerprint density at radius 2 is 1.96 bits per heavy atom. The number of amides is 1. The smallest absolute Gasteiger partial charge is 0.256 e. The minimum Gasteiger partial charge on any atom is -0.497 e. The fourth-order valence-corrected chi connectivity index (χ4v) is 3.13. The lowest BCUT2D eigenvalue weighted by atomic mass is 9.98. The number of likely N-dealkylation sites (tertiary alicyclic amines) is 1. The van der Waals surface area contributed by atoms with E-state index in [9.17, 15) is 13.6 Å². The van der Waals surface area contributed by atoms with Gasteiger partial charge in [-0.15, -0.1) is 0 Å². The molecule has 0 saturated carbocycles. The first-order valence-corrected chi connectivity index (χ1v) is 8.58. The van der Waals surface area contributed by atoms with Crippen LogP contribution in [-0.4, -0.2) is 37.6 Å². The van der Waals surface area contributed by atoms with E-state index >= 15 is 0 Å². The molecule has 1 saturated heterocycles. The maximum Gasteiger partial charge on any atom is 0.256 e. The van der Waals surface area contributed by atoms with E-state index in [0.717, 1.165) is 18.9 Å². The number of rotatable bonds is 5. The van der Waals surface area contributed by atoms with Gasteiger partial charge in [-0.25, -0.2) is 8.78 Å². The summed E-state index contributed by atoms with van der Waals surface area (Å²) in [6.45, 7) is 1.44. The van der Waals surface area contributed by atoms with Gasteiger partial charge in [-0.3, -0.25) is 4.79 Å². The molecule has 6 heteroatoms. The van der Waals surface area contributed by atoms with Gasteiger partial charge in [0.05, 0.1) is 19.3 Å². The van der Waals surface area contributed by atoms with Gasteiger partial charge in [-0.2, -0.15) is 0 Å². The fraction of sp³-hybridized carbons (Fsp3) is 0.350. The zero-order valence-electron chi connectivity index (χ0n) is 14.6. The summed E-state index contributed by atoms with van der Waals surface area (Å²) in [5.41, 5.74) is -0.223. The Morgan fingerprint density at radius 3 is 2.77 bits per heavy atom. The van der Waals surface area contributed by atoms with Gasteiger partial charge in [0.1, 0.15) is 11.5 Å². The molecular formula is C20H21F2NO3. The summed E-state index contributed by atoms with van der Waals surface area (Å²) in [6, 6.07) is 11.0. The molecule has 3 rings (SSSR count). The van der Waals surface area contributed by atoms with Gasteiger partial charge in [0, 0.05) is 25.1 Å². The average Bonchev–Trinajstić information content (AvgIpc) is 2.68. The molecule has 0 radical (unpaired) electrons. The van der Waals surface area contributed by atoms with E-state index < -0.39 is 17.5 Å². The van der Waals surface area contributed by atoms with Crippen molar-refractivity contribution >= 4 is 5.91 Å². The summed E-state index contributed by atoms with van der Waals surface area (Å²) < 4.78 is 38.2. The zero-order chi connectivity index (χ0) is 18.5. The fourth-order valence-electron chi connectivity index (χ4n) is 3.13. The number of methoxy groups -OCH3 is 1. The SMILES string of the molecule is COc1cccc(OC[C@@H]2CCCN(C(=O)c3cccc(F)c3F)C2)c1. The van der Waals surface area contributed by atoms with Crippen LogP contribution in [0.5, 0.6) is 11.5 Å². The molecule has 0 spiro atoms. The van der Waals surface area contributed by atoms with Crippen LogP contribution in [0.3, 0.4) is 0 Å². The van der Waals surface area contributed by atoms with Gasteiger partial charge in [-0.05, 0) is 37.1 Å². The van der Waals surface area contributed by atoms with Gasteiger partial charge in [0.2, 0.25) is 0 Å². The van der Waals surface area contributed by atoms with Gasteiger partial charge in [-0.1, -0.05) is 12.1 Å². The lowest BCUT2D eigenvalue weighted by molar-refractivity contribution is 0.0627. The van der Waals surface area contributed by atoms with Crippen molar-refractivity contribution in [3.8, 4) is 11.5 Å². The van der Waals surface area contributed by atoms with Gasteiger partial charge in [0.15, 0.2) is 11.6 Å². The second-order valence-electron chi connectivity index (χ2n) is 6.35. The van der Waals surface area contributed by atoms with Gasteiger partial charge >= 0.3 is 0 Å². The monoisotopic (exact) mass is 361 g/mol. The molecule has 1 fully saturated rings. The van der Waals surface area contributed by atoms with Crippen LogP contribution in [0.15, 0.2) is 42.5 Å². The number of hydrogen-bond acceptors (Lipinski definition) is 3. The second kappa shape index (κ2) is 8.17. The quantitative estimate of drug-likeness (QED) is 0.811. The number of nitrogens with zero attached hydrogens (tertiary/aromatic N) is 1. The molecule has 1 aliphatic heterocycles. The normalized spacial score (nSPS) is 17.0. The molecule has 1 atom stereocenters. The number of benzene rings is 2. The van der Waals surface area contributed by atoms with E-state index in [4.69, 9.17) is 9.47 Å². The molecule has 4 nitrogen and oxygen atoms in total. The Balaban J connectivity index is 1.61. The zero-order valence-corrected chi connectivity index (χ0v) is 14.6. The summed E-state index contributed by atoms with van der Waals surface area (Å²) in [7, 11) is 1.59. The highest BCUT2D eigenvalue weighted by atomic mass is 19.2. The third-order valence-electron chi connectivity index (χ3n) is 4.52. The molecule has 1 amide bonds. The Bertz CT molecular complexity index is 781. The molecular weight excluding hydrogens is 340 g/mol. The first kappa shape index (κ1) is 18.2. The van der Waals surface area contributed by atoms with Crippen molar-refractivity contribution in [3.63, 3.8) is 0 Å². The third-order valence-corrected chi connectivity index (χ3v) is 4.52. The van der Waals surface area contributed by atoms with E-state index in [-0.39, 0.29) is 11.5 Å². The highest BCUT2D eigenvalue weighted by Crippen LogP contribution is 2.23. The van der Waals surface area contributed by atoms with Crippen LogP contribution in [0, 0.1) is 17.6 Å². The van der Waals surface area contributed by atoms with Gasteiger partial charge < -0.3 is 14.4 Å². The minimum absolute atomic E-state index is 0.135. The Hall–Kier alpha value is -2.63. The highest BCUT2D eigenvalue weighted by Gasteiger charge is 2.27.